The van der Waals surface area contributed by atoms with E-state index in [0.717, 1.165) is 11.5 Å². The highest BCUT2D eigenvalue weighted by Crippen LogP contribution is 2.20. The van der Waals surface area contributed by atoms with Crippen LogP contribution < -0.4 is 16.6 Å². The standard InChI is InChI=1S/C9H8FN5OS/c10-6-3-1-2-5(8(6)14-11)9(16)13-7-4-12-15-17-7/h1-4,14H,11H2,(H,13,16). The Morgan fingerprint density at radius 1 is 1.47 bits per heavy atom. The first-order chi connectivity index (χ1) is 8.22. The third kappa shape index (κ3) is 2.37. The average Bonchev–Trinajstić information content (AvgIpc) is 2.81. The Morgan fingerprint density at radius 3 is 2.94 bits per heavy atom. The van der Waals surface area contributed by atoms with Gasteiger partial charge in [0.05, 0.1) is 17.4 Å². The first-order valence-electron chi connectivity index (χ1n) is 4.56. The van der Waals surface area contributed by atoms with E-state index in [9.17, 15) is 9.18 Å². The van der Waals surface area contributed by atoms with Crippen molar-refractivity contribution in [1.82, 2.24) is 9.59 Å². The van der Waals surface area contributed by atoms with Crippen LogP contribution in [0.15, 0.2) is 24.4 Å². The predicted molar refractivity (Wildman–Crippen MR) is 62.1 cm³/mol. The Bertz CT molecular complexity index is 530. The van der Waals surface area contributed by atoms with Crippen molar-refractivity contribution in [2.75, 3.05) is 10.7 Å². The van der Waals surface area contributed by atoms with E-state index in [-0.39, 0.29) is 11.3 Å². The lowest BCUT2D eigenvalue weighted by Crippen LogP contribution is -2.18. The molecule has 8 heteroatoms. The van der Waals surface area contributed by atoms with E-state index in [1.165, 1.54) is 24.4 Å². The Labute approximate surface area is 99.8 Å². The second-order valence-corrected chi connectivity index (χ2v) is 3.83. The Balaban J connectivity index is 2.28. The first-order valence-corrected chi connectivity index (χ1v) is 5.33. The van der Waals surface area contributed by atoms with Crippen LogP contribution >= 0.6 is 11.5 Å². The maximum Gasteiger partial charge on any atom is 0.258 e. The summed E-state index contributed by atoms with van der Waals surface area (Å²) < 4.78 is 16.9. The number of para-hydroxylation sites is 1. The van der Waals surface area contributed by atoms with Crippen molar-refractivity contribution < 1.29 is 9.18 Å². The molecular formula is C9H8FN5OS. The first kappa shape index (κ1) is 11.4. The number of hydrazine groups is 1. The molecule has 6 nitrogen and oxygen atoms in total. The van der Waals surface area contributed by atoms with Gasteiger partial charge >= 0.3 is 0 Å². The lowest BCUT2D eigenvalue weighted by molar-refractivity contribution is 0.102. The molecule has 0 aliphatic rings. The molecule has 2 aromatic rings. The van der Waals surface area contributed by atoms with Crippen LogP contribution in [0.1, 0.15) is 10.4 Å². The van der Waals surface area contributed by atoms with Crippen LogP contribution in [0, 0.1) is 5.82 Å². The van der Waals surface area contributed by atoms with Crippen molar-refractivity contribution in [2.45, 2.75) is 0 Å². The zero-order valence-corrected chi connectivity index (χ0v) is 9.29. The summed E-state index contributed by atoms with van der Waals surface area (Å²) in [5.41, 5.74) is 2.22. The molecule has 17 heavy (non-hydrogen) atoms. The van der Waals surface area contributed by atoms with Crippen LogP contribution in [-0.4, -0.2) is 15.5 Å². The highest BCUT2D eigenvalue weighted by Gasteiger charge is 2.15. The van der Waals surface area contributed by atoms with Crippen molar-refractivity contribution in [2.24, 2.45) is 5.84 Å². The van der Waals surface area contributed by atoms with Gasteiger partial charge < -0.3 is 10.7 Å². The van der Waals surface area contributed by atoms with Crippen LogP contribution in [-0.2, 0) is 0 Å². The second kappa shape index (κ2) is 4.85. The van der Waals surface area contributed by atoms with Crippen molar-refractivity contribution in [3.63, 3.8) is 0 Å². The molecule has 0 saturated carbocycles. The largest absolute Gasteiger partial charge is 0.321 e. The number of carbonyl (C=O) groups excluding carboxylic acids is 1. The minimum absolute atomic E-state index is 0.0533. The van der Waals surface area contributed by atoms with Crippen LogP contribution in [0.5, 0.6) is 0 Å². The second-order valence-electron chi connectivity index (χ2n) is 3.04. The molecule has 0 aliphatic heterocycles. The van der Waals surface area contributed by atoms with Crippen LogP contribution in [0.3, 0.4) is 0 Å². The number of nitrogen functional groups attached to an aromatic ring is 1. The number of carbonyl (C=O) groups is 1. The fraction of sp³-hybridized carbons (Fsp3) is 0. The third-order valence-corrected chi connectivity index (χ3v) is 2.58. The predicted octanol–water partition coefficient (Wildman–Crippen LogP) is 1.22. The smallest absolute Gasteiger partial charge is 0.258 e. The van der Waals surface area contributed by atoms with Crippen molar-refractivity contribution in [3.05, 3.63) is 35.8 Å². The van der Waals surface area contributed by atoms with Crippen LogP contribution in [0.4, 0.5) is 15.1 Å². The van der Waals surface area contributed by atoms with Gasteiger partial charge in [-0.15, -0.1) is 5.10 Å². The summed E-state index contributed by atoms with van der Waals surface area (Å²) in [7, 11) is 0. The topological polar surface area (TPSA) is 92.9 Å². The number of benzene rings is 1. The molecule has 1 heterocycles. The van der Waals surface area contributed by atoms with E-state index in [1.807, 2.05) is 0 Å². The van der Waals surface area contributed by atoms with E-state index >= 15 is 0 Å². The number of anilines is 2. The van der Waals surface area contributed by atoms with E-state index < -0.39 is 11.7 Å². The maximum atomic E-state index is 13.3. The average molecular weight is 253 g/mol. The Kier molecular flexibility index (Phi) is 3.26. The van der Waals surface area contributed by atoms with Gasteiger partial charge in [0.25, 0.3) is 5.91 Å². The van der Waals surface area contributed by atoms with Crippen molar-refractivity contribution in [3.8, 4) is 0 Å². The summed E-state index contributed by atoms with van der Waals surface area (Å²) in [4.78, 5) is 11.8. The number of hydrogen-bond donors (Lipinski definition) is 3. The van der Waals surface area contributed by atoms with Gasteiger partial charge in [-0.1, -0.05) is 10.6 Å². The van der Waals surface area contributed by atoms with Gasteiger partial charge in [0.1, 0.15) is 10.8 Å². The van der Waals surface area contributed by atoms with Gasteiger partial charge in [0, 0.05) is 11.5 Å². The zero-order chi connectivity index (χ0) is 12.3. The minimum atomic E-state index is -0.595. The van der Waals surface area contributed by atoms with Crippen molar-refractivity contribution >= 4 is 28.1 Å². The number of nitrogens with two attached hydrogens (primary N) is 1. The molecule has 0 atom stereocenters. The fourth-order valence-electron chi connectivity index (χ4n) is 1.26. The molecule has 88 valence electrons. The number of halogens is 1. The minimum Gasteiger partial charge on any atom is -0.321 e. The number of hydrogen-bond acceptors (Lipinski definition) is 6. The van der Waals surface area contributed by atoms with Crippen LogP contribution in [0.2, 0.25) is 0 Å². The molecule has 0 bridgehead atoms. The third-order valence-electron chi connectivity index (χ3n) is 2.00. The van der Waals surface area contributed by atoms with Gasteiger partial charge in [-0.25, -0.2) is 4.39 Å². The Hall–Kier alpha value is -2.06. The van der Waals surface area contributed by atoms with Crippen LogP contribution in [0.25, 0.3) is 0 Å². The van der Waals surface area contributed by atoms with E-state index in [2.05, 4.69) is 20.3 Å². The maximum absolute atomic E-state index is 13.3. The highest BCUT2D eigenvalue weighted by atomic mass is 32.1. The summed E-state index contributed by atoms with van der Waals surface area (Å²) in [5.74, 6) is 4.09. The number of aromatic nitrogens is 2. The molecule has 4 N–H and O–H groups in total. The van der Waals surface area contributed by atoms with E-state index in [4.69, 9.17) is 5.84 Å². The van der Waals surface area contributed by atoms with Gasteiger partial charge in [0.2, 0.25) is 0 Å². The van der Waals surface area contributed by atoms with Crippen molar-refractivity contribution in [1.29, 1.82) is 0 Å². The number of nitrogens with zero attached hydrogens (tertiary/aromatic N) is 2. The van der Waals surface area contributed by atoms with Gasteiger partial charge in [-0.2, -0.15) is 0 Å². The summed E-state index contributed by atoms with van der Waals surface area (Å²) in [6.07, 6.45) is 1.40. The molecular weight excluding hydrogens is 245 g/mol. The lowest BCUT2D eigenvalue weighted by Gasteiger charge is -2.08. The summed E-state index contributed by atoms with van der Waals surface area (Å²) in [6, 6.07) is 4.10. The molecule has 0 unspecified atom stereocenters. The molecule has 0 saturated heterocycles. The monoisotopic (exact) mass is 253 g/mol. The lowest BCUT2D eigenvalue weighted by atomic mass is 10.1. The Morgan fingerprint density at radius 2 is 2.29 bits per heavy atom. The number of nitrogens with one attached hydrogen (secondary N) is 2. The molecule has 0 spiro atoms. The quantitative estimate of drug-likeness (QED) is 0.565. The molecule has 2 rings (SSSR count). The molecule has 1 aromatic heterocycles. The van der Waals surface area contributed by atoms with E-state index in [0.29, 0.717) is 5.00 Å². The fourth-order valence-corrected chi connectivity index (χ4v) is 1.68. The van der Waals surface area contributed by atoms with Gasteiger partial charge in [-0.3, -0.25) is 10.6 Å². The summed E-state index contributed by atoms with van der Waals surface area (Å²) in [5, 5.41) is 6.58. The molecule has 1 aromatic carbocycles. The molecule has 0 aliphatic carbocycles. The molecule has 0 fully saturated rings. The number of amides is 1. The van der Waals surface area contributed by atoms with Gasteiger partial charge in [0.15, 0.2) is 0 Å². The normalized spacial score (nSPS) is 10.0. The summed E-state index contributed by atoms with van der Waals surface area (Å²) >= 11 is 1.03. The van der Waals surface area contributed by atoms with Gasteiger partial charge in [-0.05, 0) is 12.1 Å². The number of rotatable bonds is 3. The molecule has 1 amide bonds. The highest BCUT2D eigenvalue weighted by molar-refractivity contribution is 7.10. The van der Waals surface area contributed by atoms with E-state index in [1.54, 1.807) is 0 Å². The summed E-state index contributed by atoms with van der Waals surface area (Å²) in [6.45, 7) is 0. The molecule has 0 radical (unpaired) electrons. The SMILES string of the molecule is NNc1c(F)cccc1C(=O)Nc1cnns1. The zero-order valence-electron chi connectivity index (χ0n) is 8.48.